The predicted molar refractivity (Wildman–Crippen MR) is 118 cm³/mol. The zero-order valence-electron chi connectivity index (χ0n) is 17.1. The molecule has 0 radical (unpaired) electrons. The lowest BCUT2D eigenvalue weighted by Crippen LogP contribution is -2.43. The Morgan fingerprint density at radius 3 is 2.33 bits per heavy atom. The van der Waals surface area contributed by atoms with Crippen LogP contribution in [-0.4, -0.2) is 59.9 Å². The van der Waals surface area contributed by atoms with Crippen LogP contribution in [0.25, 0.3) is 12.2 Å². The van der Waals surface area contributed by atoms with Crippen LogP contribution >= 0.6 is 0 Å². The van der Waals surface area contributed by atoms with Gasteiger partial charge in [0.15, 0.2) is 5.78 Å². The zero-order valence-corrected chi connectivity index (χ0v) is 17.1. The van der Waals surface area contributed by atoms with Crippen LogP contribution in [0.3, 0.4) is 0 Å². The van der Waals surface area contributed by atoms with Crippen LogP contribution in [-0.2, 0) is 11.3 Å². The standard InChI is InChI=1S/C24H27N3O3/c1-26-12-14-27(15-13-26)18-21-6-3-7-22(17-21)23(28)10-8-19-4-2-5-20(16-19)9-11-24(29)25-30/h2-11,16-17,30H,12-15,18H2,1H3,(H,25,29)/b10-8+,11-9+. The number of carbonyl (C=O) groups is 2. The molecule has 0 atom stereocenters. The van der Waals surface area contributed by atoms with Gasteiger partial charge in [0.25, 0.3) is 5.91 Å². The van der Waals surface area contributed by atoms with Crippen molar-refractivity contribution < 1.29 is 14.8 Å². The van der Waals surface area contributed by atoms with E-state index < -0.39 is 5.91 Å². The molecule has 0 spiro atoms. The second-order valence-corrected chi connectivity index (χ2v) is 7.46. The Morgan fingerprint density at radius 2 is 1.63 bits per heavy atom. The molecule has 2 N–H and O–H groups in total. The van der Waals surface area contributed by atoms with Gasteiger partial charge in [0, 0.05) is 44.4 Å². The number of hydrogen-bond donors (Lipinski definition) is 2. The number of ketones is 1. The Kier molecular flexibility index (Phi) is 7.68. The monoisotopic (exact) mass is 405 g/mol. The molecule has 1 amide bonds. The van der Waals surface area contributed by atoms with E-state index in [2.05, 4.69) is 22.9 Å². The van der Waals surface area contributed by atoms with Gasteiger partial charge in [-0.05, 0) is 48.0 Å². The summed E-state index contributed by atoms with van der Waals surface area (Å²) in [5.41, 5.74) is 5.02. The fourth-order valence-electron chi connectivity index (χ4n) is 3.33. The van der Waals surface area contributed by atoms with Gasteiger partial charge in [0.1, 0.15) is 0 Å². The zero-order chi connectivity index (χ0) is 21.3. The highest BCUT2D eigenvalue weighted by Crippen LogP contribution is 2.13. The normalized spacial score (nSPS) is 15.7. The Labute approximate surface area is 177 Å². The Balaban J connectivity index is 1.64. The highest BCUT2D eigenvalue weighted by Gasteiger charge is 2.14. The molecule has 1 aliphatic heterocycles. The molecule has 3 rings (SSSR count). The molecule has 0 bridgehead atoms. The van der Waals surface area contributed by atoms with Gasteiger partial charge in [-0.15, -0.1) is 0 Å². The smallest absolute Gasteiger partial charge is 0.267 e. The first-order chi connectivity index (χ1) is 14.5. The molecular weight excluding hydrogens is 378 g/mol. The van der Waals surface area contributed by atoms with Gasteiger partial charge in [-0.3, -0.25) is 19.7 Å². The summed E-state index contributed by atoms with van der Waals surface area (Å²) < 4.78 is 0. The molecule has 2 aromatic rings. The lowest BCUT2D eigenvalue weighted by Gasteiger charge is -2.32. The molecule has 6 heteroatoms. The van der Waals surface area contributed by atoms with Crippen molar-refractivity contribution in [2.45, 2.75) is 6.54 Å². The van der Waals surface area contributed by atoms with E-state index in [0.717, 1.165) is 49.4 Å². The van der Waals surface area contributed by atoms with E-state index in [4.69, 9.17) is 5.21 Å². The molecule has 0 aromatic heterocycles. The lowest BCUT2D eigenvalue weighted by atomic mass is 10.0. The summed E-state index contributed by atoms with van der Waals surface area (Å²) in [6, 6.07) is 15.2. The molecule has 2 aromatic carbocycles. The second kappa shape index (κ2) is 10.6. The number of nitrogens with zero attached hydrogens (tertiary/aromatic N) is 2. The minimum absolute atomic E-state index is 0.0455. The molecule has 1 heterocycles. The first-order valence-electron chi connectivity index (χ1n) is 9.98. The number of allylic oxidation sites excluding steroid dienone is 1. The second-order valence-electron chi connectivity index (χ2n) is 7.46. The van der Waals surface area contributed by atoms with Gasteiger partial charge >= 0.3 is 0 Å². The summed E-state index contributed by atoms with van der Waals surface area (Å²) in [5, 5.41) is 8.54. The van der Waals surface area contributed by atoms with Crippen molar-refractivity contribution in [1.29, 1.82) is 0 Å². The molecular formula is C24H27N3O3. The fraction of sp³-hybridized carbons (Fsp3) is 0.250. The summed E-state index contributed by atoms with van der Waals surface area (Å²) in [5.74, 6) is -0.640. The molecule has 6 nitrogen and oxygen atoms in total. The Hall–Kier alpha value is -3.06. The van der Waals surface area contributed by atoms with Crippen LogP contribution in [0.5, 0.6) is 0 Å². The van der Waals surface area contributed by atoms with E-state index in [1.54, 1.807) is 23.7 Å². The summed E-state index contributed by atoms with van der Waals surface area (Å²) in [6.45, 7) is 5.08. The number of rotatable bonds is 7. The van der Waals surface area contributed by atoms with E-state index in [1.807, 2.05) is 42.5 Å². The minimum atomic E-state index is -0.595. The van der Waals surface area contributed by atoms with Crippen LogP contribution in [0, 0.1) is 0 Å². The summed E-state index contributed by atoms with van der Waals surface area (Å²) in [6.07, 6.45) is 6.16. The van der Waals surface area contributed by atoms with Gasteiger partial charge in [0.2, 0.25) is 0 Å². The fourth-order valence-corrected chi connectivity index (χ4v) is 3.33. The van der Waals surface area contributed by atoms with Crippen LogP contribution in [0.2, 0.25) is 0 Å². The molecule has 156 valence electrons. The van der Waals surface area contributed by atoms with Gasteiger partial charge in [-0.2, -0.15) is 0 Å². The maximum atomic E-state index is 12.6. The average Bonchev–Trinajstić information content (AvgIpc) is 2.78. The van der Waals surface area contributed by atoms with Crippen LogP contribution in [0.15, 0.2) is 60.7 Å². The SMILES string of the molecule is CN1CCN(Cc2cccc(C(=O)/C=C/c3cccc(/C=C/C(=O)NO)c3)c2)CC1. The molecule has 0 aliphatic carbocycles. The predicted octanol–water partition coefficient (Wildman–Crippen LogP) is 2.85. The van der Waals surface area contributed by atoms with Crippen molar-refractivity contribution in [3.63, 3.8) is 0 Å². The van der Waals surface area contributed by atoms with Gasteiger partial charge in [-0.1, -0.05) is 42.5 Å². The highest BCUT2D eigenvalue weighted by molar-refractivity contribution is 6.06. The van der Waals surface area contributed by atoms with Crippen molar-refractivity contribution in [1.82, 2.24) is 15.3 Å². The van der Waals surface area contributed by atoms with E-state index in [1.165, 1.54) is 6.08 Å². The van der Waals surface area contributed by atoms with Crippen molar-refractivity contribution in [3.05, 3.63) is 82.9 Å². The quantitative estimate of drug-likeness (QED) is 0.321. The summed E-state index contributed by atoms with van der Waals surface area (Å²) in [4.78, 5) is 28.5. The van der Waals surface area contributed by atoms with Gasteiger partial charge < -0.3 is 4.90 Å². The number of benzene rings is 2. The first kappa shape index (κ1) is 21.6. The summed E-state index contributed by atoms with van der Waals surface area (Å²) in [7, 11) is 2.14. The largest absolute Gasteiger partial charge is 0.304 e. The first-order valence-corrected chi connectivity index (χ1v) is 9.98. The van der Waals surface area contributed by atoms with Crippen molar-refractivity contribution in [3.8, 4) is 0 Å². The molecule has 30 heavy (non-hydrogen) atoms. The van der Waals surface area contributed by atoms with E-state index in [9.17, 15) is 9.59 Å². The number of amides is 1. The third-order valence-corrected chi connectivity index (χ3v) is 5.09. The number of hydroxylamine groups is 1. The Morgan fingerprint density at radius 1 is 0.967 bits per heavy atom. The average molecular weight is 405 g/mol. The number of likely N-dealkylation sites (N-methyl/N-ethyl adjacent to an activating group) is 1. The number of hydrogen-bond acceptors (Lipinski definition) is 5. The molecule has 0 saturated carbocycles. The van der Waals surface area contributed by atoms with Gasteiger partial charge in [-0.25, -0.2) is 5.48 Å². The van der Waals surface area contributed by atoms with Crippen LogP contribution in [0.4, 0.5) is 0 Å². The maximum Gasteiger partial charge on any atom is 0.267 e. The third kappa shape index (κ3) is 6.49. The van der Waals surface area contributed by atoms with E-state index >= 15 is 0 Å². The van der Waals surface area contributed by atoms with Crippen molar-refractivity contribution in [2.75, 3.05) is 33.2 Å². The minimum Gasteiger partial charge on any atom is -0.304 e. The maximum absolute atomic E-state index is 12.6. The molecule has 1 saturated heterocycles. The molecule has 1 aliphatic rings. The van der Waals surface area contributed by atoms with Crippen LogP contribution in [0.1, 0.15) is 27.0 Å². The van der Waals surface area contributed by atoms with Crippen molar-refractivity contribution >= 4 is 23.8 Å². The van der Waals surface area contributed by atoms with Gasteiger partial charge in [0.05, 0.1) is 0 Å². The molecule has 0 unspecified atom stereocenters. The number of carbonyl (C=O) groups excluding carboxylic acids is 2. The van der Waals surface area contributed by atoms with E-state index in [0.29, 0.717) is 5.56 Å². The number of nitrogens with one attached hydrogen (secondary N) is 1. The molecule has 1 fully saturated rings. The lowest BCUT2D eigenvalue weighted by molar-refractivity contribution is -0.124. The van der Waals surface area contributed by atoms with Crippen LogP contribution < -0.4 is 5.48 Å². The topological polar surface area (TPSA) is 72.9 Å². The van der Waals surface area contributed by atoms with E-state index in [-0.39, 0.29) is 5.78 Å². The highest BCUT2D eigenvalue weighted by atomic mass is 16.5. The Bertz CT molecular complexity index is 944. The number of piperazine rings is 1. The summed E-state index contributed by atoms with van der Waals surface area (Å²) >= 11 is 0. The van der Waals surface area contributed by atoms with Crippen molar-refractivity contribution in [2.24, 2.45) is 0 Å². The third-order valence-electron chi connectivity index (χ3n) is 5.09.